The van der Waals surface area contributed by atoms with Gasteiger partial charge in [0.05, 0.1) is 17.7 Å². The Morgan fingerprint density at radius 1 is 1.07 bits per heavy atom. The Bertz CT molecular complexity index is 1150. The molecule has 0 unspecified atom stereocenters. The summed E-state index contributed by atoms with van der Waals surface area (Å²) < 4.78 is 10.4. The first-order valence-corrected chi connectivity index (χ1v) is 9.83. The number of hydrogen-bond acceptors (Lipinski definition) is 7. The van der Waals surface area contributed by atoms with Gasteiger partial charge in [-0.15, -0.1) is 11.3 Å². The molecule has 1 aromatic carbocycles. The zero-order valence-electron chi connectivity index (χ0n) is 15.6. The molecule has 0 bridgehead atoms. The van der Waals surface area contributed by atoms with Gasteiger partial charge in [0.15, 0.2) is 0 Å². The van der Waals surface area contributed by atoms with Gasteiger partial charge in [-0.2, -0.15) is 4.98 Å². The second kappa shape index (κ2) is 9.01. The van der Waals surface area contributed by atoms with E-state index in [0.29, 0.717) is 17.1 Å². The van der Waals surface area contributed by atoms with Crippen molar-refractivity contribution in [2.45, 2.75) is 6.54 Å². The van der Waals surface area contributed by atoms with Crippen LogP contribution < -0.4 is 10.6 Å². The van der Waals surface area contributed by atoms with E-state index in [9.17, 15) is 9.59 Å². The van der Waals surface area contributed by atoms with Crippen LogP contribution in [0, 0.1) is 0 Å². The van der Waals surface area contributed by atoms with Crippen LogP contribution >= 0.6 is 11.3 Å². The molecule has 9 heteroatoms. The molecule has 0 aliphatic heterocycles. The Kier molecular flexibility index (Phi) is 5.81. The van der Waals surface area contributed by atoms with E-state index in [0.717, 1.165) is 4.88 Å². The number of carbonyl (C=O) groups is 2. The molecule has 0 saturated heterocycles. The van der Waals surface area contributed by atoms with E-state index in [1.807, 2.05) is 17.5 Å². The highest BCUT2D eigenvalue weighted by Crippen LogP contribution is 2.21. The molecule has 4 aromatic rings. The van der Waals surface area contributed by atoms with Crippen LogP contribution in [0.2, 0.25) is 0 Å². The number of thiophene rings is 1. The molecule has 0 saturated carbocycles. The standard InChI is InChI=1S/C21H16N4O4S/c26-20(14-6-2-1-3-7-14)23-16(12-15-8-4-10-28-15)21(27)22-13-18-24-19(25-29-18)17-9-5-11-30-17/h1-12H,13H2,(H,22,27)(H,23,26)/b16-12-. The lowest BCUT2D eigenvalue weighted by Crippen LogP contribution is -2.34. The highest BCUT2D eigenvalue weighted by Gasteiger charge is 2.17. The lowest BCUT2D eigenvalue weighted by atomic mass is 10.2. The summed E-state index contributed by atoms with van der Waals surface area (Å²) >= 11 is 1.49. The molecule has 8 nitrogen and oxygen atoms in total. The minimum atomic E-state index is -0.522. The predicted molar refractivity (Wildman–Crippen MR) is 110 cm³/mol. The first-order valence-electron chi connectivity index (χ1n) is 8.95. The van der Waals surface area contributed by atoms with Crippen molar-refractivity contribution in [2.75, 3.05) is 0 Å². The maximum absolute atomic E-state index is 12.7. The van der Waals surface area contributed by atoms with Gasteiger partial charge in [0.2, 0.25) is 11.7 Å². The van der Waals surface area contributed by atoms with Gasteiger partial charge >= 0.3 is 0 Å². The number of benzene rings is 1. The third kappa shape index (κ3) is 4.70. The van der Waals surface area contributed by atoms with Crippen LogP contribution in [0.5, 0.6) is 0 Å². The molecular formula is C21H16N4O4S. The molecule has 0 aliphatic rings. The van der Waals surface area contributed by atoms with Crippen LogP contribution in [-0.4, -0.2) is 22.0 Å². The monoisotopic (exact) mass is 420 g/mol. The molecule has 4 rings (SSSR count). The SMILES string of the molecule is O=C(NCc1nc(-c2cccs2)no1)/C(=C/c1ccco1)NC(=O)c1ccccc1. The van der Waals surface area contributed by atoms with Gasteiger partial charge < -0.3 is 19.6 Å². The summed E-state index contributed by atoms with van der Waals surface area (Å²) in [4.78, 5) is 30.3. The smallest absolute Gasteiger partial charge is 0.268 e. The summed E-state index contributed by atoms with van der Waals surface area (Å²) in [5.74, 6) is 0.190. The van der Waals surface area contributed by atoms with Gasteiger partial charge in [0.25, 0.3) is 11.8 Å². The van der Waals surface area contributed by atoms with Gasteiger partial charge in [-0.25, -0.2) is 0 Å². The summed E-state index contributed by atoms with van der Waals surface area (Å²) in [5.41, 5.74) is 0.449. The quantitative estimate of drug-likeness (QED) is 0.443. The Hall–Kier alpha value is -3.98. The normalized spacial score (nSPS) is 11.3. The van der Waals surface area contributed by atoms with Crippen LogP contribution in [0.15, 0.2) is 80.9 Å². The number of carbonyl (C=O) groups excluding carboxylic acids is 2. The van der Waals surface area contributed by atoms with E-state index < -0.39 is 11.8 Å². The summed E-state index contributed by atoms with van der Waals surface area (Å²) in [7, 11) is 0. The van der Waals surface area contributed by atoms with Crippen molar-refractivity contribution in [1.29, 1.82) is 0 Å². The van der Waals surface area contributed by atoms with E-state index in [2.05, 4.69) is 20.8 Å². The number of rotatable bonds is 7. The molecular weight excluding hydrogens is 404 g/mol. The molecule has 3 heterocycles. The minimum absolute atomic E-state index is 0.00785. The molecule has 2 amide bonds. The summed E-state index contributed by atoms with van der Waals surface area (Å²) in [6, 6.07) is 15.7. The second-order valence-electron chi connectivity index (χ2n) is 6.07. The van der Waals surface area contributed by atoms with Gasteiger partial charge in [-0.3, -0.25) is 9.59 Å². The Labute approximate surface area is 175 Å². The Morgan fingerprint density at radius 2 is 1.93 bits per heavy atom. The Morgan fingerprint density at radius 3 is 2.67 bits per heavy atom. The zero-order chi connectivity index (χ0) is 20.8. The molecule has 0 aliphatic carbocycles. The number of hydrogen-bond donors (Lipinski definition) is 2. The Balaban J connectivity index is 1.46. The van der Waals surface area contributed by atoms with E-state index in [4.69, 9.17) is 8.94 Å². The van der Waals surface area contributed by atoms with Gasteiger partial charge in [0, 0.05) is 11.6 Å². The maximum Gasteiger partial charge on any atom is 0.268 e. The first kappa shape index (κ1) is 19.3. The van der Waals surface area contributed by atoms with Crippen molar-refractivity contribution in [3.63, 3.8) is 0 Å². The van der Waals surface area contributed by atoms with E-state index in [-0.39, 0.29) is 18.1 Å². The fourth-order valence-corrected chi connectivity index (χ4v) is 3.19. The second-order valence-corrected chi connectivity index (χ2v) is 7.01. The highest BCUT2D eigenvalue weighted by molar-refractivity contribution is 7.13. The number of amides is 2. The fraction of sp³-hybridized carbons (Fsp3) is 0.0476. The number of nitrogens with one attached hydrogen (secondary N) is 2. The van der Waals surface area contributed by atoms with Crippen molar-refractivity contribution < 1.29 is 18.5 Å². The first-order chi connectivity index (χ1) is 14.7. The average molecular weight is 420 g/mol. The number of furan rings is 1. The van der Waals surface area contributed by atoms with Crippen LogP contribution in [-0.2, 0) is 11.3 Å². The van der Waals surface area contributed by atoms with Crippen molar-refractivity contribution in [3.05, 3.63) is 89.2 Å². The minimum Gasteiger partial charge on any atom is -0.465 e. The molecule has 30 heavy (non-hydrogen) atoms. The third-order valence-electron chi connectivity index (χ3n) is 3.97. The van der Waals surface area contributed by atoms with Crippen LogP contribution in [0.3, 0.4) is 0 Å². The van der Waals surface area contributed by atoms with Crippen molar-refractivity contribution in [3.8, 4) is 10.7 Å². The topological polar surface area (TPSA) is 110 Å². The maximum atomic E-state index is 12.7. The highest BCUT2D eigenvalue weighted by atomic mass is 32.1. The molecule has 3 aromatic heterocycles. The molecule has 0 fully saturated rings. The third-order valence-corrected chi connectivity index (χ3v) is 4.83. The lowest BCUT2D eigenvalue weighted by Gasteiger charge is -2.09. The van der Waals surface area contributed by atoms with E-state index in [1.165, 1.54) is 23.7 Å². The zero-order valence-corrected chi connectivity index (χ0v) is 16.4. The summed E-state index contributed by atoms with van der Waals surface area (Å²) in [6.07, 6.45) is 2.92. The van der Waals surface area contributed by atoms with Crippen LogP contribution in [0.4, 0.5) is 0 Å². The van der Waals surface area contributed by atoms with Gasteiger partial charge in [0.1, 0.15) is 11.5 Å². The molecule has 0 atom stereocenters. The lowest BCUT2D eigenvalue weighted by molar-refractivity contribution is -0.118. The molecule has 2 N–H and O–H groups in total. The van der Waals surface area contributed by atoms with Crippen molar-refractivity contribution in [1.82, 2.24) is 20.8 Å². The summed E-state index contributed by atoms with van der Waals surface area (Å²) in [6.45, 7) is 0.00785. The summed E-state index contributed by atoms with van der Waals surface area (Å²) in [5, 5.41) is 11.1. The molecule has 150 valence electrons. The van der Waals surface area contributed by atoms with Gasteiger partial charge in [-0.05, 0) is 35.7 Å². The van der Waals surface area contributed by atoms with Crippen LogP contribution in [0.1, 0.15) is 22.0 Å². The molecule has 0 radical (unpaired) electrons. The van der Waals surface area contributed by atoms with Crippen LogP contribution in [0.25, 0.3) is 16.8 Å². The molecule has 0 spiro atoms. The number of nitrogens with zero attached hydrogens (tertiary/aromatic N) is 2. The van der Waals surface area contributed by atoms with E-state index >= 15 is 0 Å². The van der Waals surface area contributed by atoms with Crippen molar-refractivity contribution >= 4 is 29.2 Å². The van der Waals surface area contributed by atoms with Gasteiger partial charge in [-0.1, -0.05) is 29.4 Å². The average Bonchev–Trinajstić information content (AvgIpc) is 3.54. The van der Waals surface area contributed by atoms with Crippen molar-refractivity contribution in [2.24, 2.45) is 0 Å². The fourth-order valence-electron chi connectivity index (χ4n) is 2.54. The number of aromatic nitrogens is 2. The largest absolute Gasteiger partial charge is 0.465 e. The predicted octanol–water partition coefficient (Wildman–Crippen LogP) is 3.48. The van der Waals surface area contributed by atoms with E-state index in [1.54, 1.807) is 42.5 Å².